The zero-order valence-corrected chi connectivity index (χ0v) is 7.16. The van der Waals surface area contributed by atoms with Crippen LogP contribution in [0.25, 0.3) is 0 Å². The van der Waals surface area contributed by atoms with Gasteiger partial charge in [0.25, 0.3) is 0 Å². The average molecular weight is 183 g/mol. The maximum absolute atomic E-state index is 8.55. The van der Waals surface area contributed by atoms with Crippen molar-refractivity contribution in [3.05, 3.63) is 0 Å². The summed E-state index contributed by atoms with van der Waals surface area (Å²) in [5, 5.41) is 0. The molecule has 4 nitrogen and oxygen atoms in total. The molecule has 0 aromatic carbocycles. The molecule has 0 amide bonds. The van der Waals surface area contributed by atoms with Gasteiger partial charge >= 0.3 is 45.5 Å². The Bertz CT molecular complexity index is 53.7. The normalized spacial score (nSPS) is 9.83. The molecule has 0 N–H and O–H groups in total. The summed E-state index contributed by atoms with van der Waals surface area (Å²) in [5.74, 6) is 0. The number of phosphoric acid groups is 1. The van der Waals surface area contributed by atoms with E-state index in [1.165, 1.54) is 0 Å². The maximum atomic E-state index is 8.55. The molecule has 6 heteroatoms. The summed E-state index contributed by atoms with van der Waals surface area (Å²) in [4.78, 5) is 25.6. The summed E-state index contributed by atoms with van der Waals surface area (Å²) in [6.45, 7) is 0. The molecule has 0 saturated carbocycles. The first-order chi connectivity index (χ1) is 2.00. The molecule has 0 rings (SSSR count). The van der Waals surface area contributed by atoms with Crippen molar-refractivity contribution in [1.29, 1.82) is 0 Å². The molecule has 0 bridgehead atoms. The SMILES string of the molecule is O=P([O-])([O-])[O-].[Sr+2]. The van der Waals surface area contributed by atoms with Crippen LogP contribution in [0.1, 0.15) is 0 Å². The van der Waals surface area contributed by atoms with Crippen molar-refractivity contribution in [2.75, 3.05) is 0 Å². The third-order valence-corrected chi connectivity index (χ3v) is 0. The van der Waals surface area contributed by atoms with E-state index >= 15 is 0 Å². The van der Waals surface area contributed by atoms with Gasteiger partial charge in [-0.15, -0.1) is 0 Å². The largest absolute Gasteiger partial charge is 2.00 e. The topological polar surface area (TPSA) is 86.2 Å². The van der Waals surface area contributed by atoms with Crippen LogP contribution in [0.15, 0.2) is 0 Å². The van der Waals surface area contributed by atoms with Crippen LogP contribution < -0.4 is 14.7 Å². The Morgan fingerprint density at radius 3 is 1.17 bits per heavy atom. The summed E-state index contributed by atoms with van der Waals surface area (Å²) < 4.78 is 8.55. The van der Waals surface area contributed by atoms with E-state index in [1.54, 1.807) is 0 Å². The van der Waals surface area contributed by atoms with E-state index in [2.05, 4.69) is 0 Å². The molecule has 0 saturated heterocycles. The molecule has 0 aliphatic carbocycles. The molecule has 0 heterocycles. The van der Waals surface area contributed by atoms with Crippen molar-refractivity contribution in [1.82, 2.24) is 0 Å². The standard InChI is InChI=1S/H3O4P.Sr/c1-5(2,3)4;/h(H3,1,2,3,4);/q;+2/p-3. The molecule has 0 aliphatic rings. The monoisotopic (exact) mass is 183 g/mol. The zero-order valence-electron chi connectivity index (χ0n) is 2.79. The first kappa shape index (κ1) is 10.5. The minimum absolute atomic E-state index is 0. The second-order valence-corrected chi connectivity index (χ2v) is 1.34. The first-order valence-electron chi connectivity index (χ1n) is 0.730. The van der Waals surface area contributed by atoms with E-state index in [4.69, 9.17) is 19.2 Å². The van der Waals surface area contributed by atoms with E-state index in [9.17, 15) is 0 Å². The molecule has 0 spiro atoms. The van der Waals surface area contributed by atoms with Crippen LogP contribution in [0.2, 0.25) is 0 Å². The van der Waals surface area contributed by atoms with Gasteiger partial charge in [0.15, 0.2) is 0 Å². The third-order valence-electron chi connectivity index (χ3n) is 0. The summed E-state index contributed by atoms with van der Waals surface area (Å²) in [6, 6.07) is 0. The molecular formula is O4PSr-. The molecule has 0 aliphatic heterocycles. The molecule has 0 atom stereocenters. The Hall–Kier alpha value is 1.59. The summed E-state index contributed by atoms with van der Waals surface area (Å²) in [7, 11) is -5.39. The van der Waals surface area contributed by atoms with Crippen molar-refractivity contribution in [3.8, 4) is 0 Å². The van der Waals surface area contributed by atoms with Crippen LogP contribution in [0, 0.1) is 0 Å². The van der Waals surface area contributed by atoms with Crippen molar-refractivity contribution < 1.29 is 19.2 Å². The van der Waals surface area contributed by atoms with E-state index in [0.29, 0.717) is 0 Å². The third kappa shape index (κ3) is 46.6. The Kier molecular flexibility index (Phi) is 6.29. The van der Waals surface area contributed by atoms with E-state index < -0.39 is 7.82 Å². The second kappa shape index (κ2) is 3.58. The molecule has 32 valence electrons. The average Bonchev–Trinajstić information content (AvgIpc) is 0.722. The molecule has 0 aromatic heterocycles. The number of hydrogen-bond acceptors (Lipinski definition) is 4. The zero-order chi connectivity index (χ0) is 4.50. The van der Waals surface area contributed by atoms with Crippen molar-refractivity contribution in [3.63, 3.8) is 0 Å². The summed E-state index contributed by atoms with van der Waals surface area (Å²) in [5.41, 5.74) is 0. The fraction of sp³-hybridized carbons (Fsp3) is 0. The van der Waals surface area contributed by atoms with Gasteiger partial charge in [0, 0.05) is 0 Å². The van der Waals surface area contributed by atoms with Gasteiger partial charge in [0.1, 0.15) is 0 Å². The van der Waals surface area contributed by atoms with Gasteiger partial charge in [0.05, 0.1) is 0 Å². The molecule has 0 radical (unpaired) electrons. The molecular weight excluding hydrogens is 183 g/mol. The van der Waals surface area contributed by atoms with Crippen LogP contribution >= 0.6 is 7.82 Å². The number of rotatable bonds is 0. The van der Waals surface area contributed by atoms with E-state index in [-0.39, 0.29) is 45.5 Å². The fourth-order valence-corrected chi connectivity index (χ4v) is 0. The van der Waals surface area contributed by atoms with Crippen LogP contribution in [0.5, 0.6) is 0 Å². The fourth-order valence-electron chi connectivity index (χ4n) is 0. The van der Waals surface area contributed by atoms with Crippen molar-refractivity contribution in [2.24, 2.45) is 0 Å². The molecule has 0 fully saturated rings. The Labute approximate surface area is 71.7 Å². The van der Waals surface area contributed by atoms with Gasteiger partial charge in [-0.1, -0.05) is 0 Å². The minimum Gasteiger partial charge on any atom is -0.822 e. The van der Waals surface area contributed by atoms with Gasteiger partial charge in [-0.05, 0) is 0 Å². The smallest absolute Gasteiger partial charge is 0.822 e. The van der Waals surface area contributed by atoms with Crippen molar-refractivity contribution >= 4 is 53.3 Å². The van der Waals surface area contributed by atoms with Crippen LogP contribution in [0.3, 0.4) is 0 Å². The van der Waals surface area contributed by atoms with Gasteiger partial charge in [-0.2, -0.15) is 7.82 Å². The second-order valence-electron chi connectivity index (χ2n) is 0.447. The molecule has 0 aromatic rings. The van der Waals surface area contributed by atoms with Gasteiger partial charge in [-0.3, -0.25) is 0 Å². The predicted octanol–water partition coefficient (Wildman–Crippen LogP) is -3.21. The Morgan fingerprint density at radius 2 is 1.17 bits per heavy atom. The molecule has 0 unspecified atom stereocenters. The molecule has 6 heavy (non-hydrogen) atoms. The Morgan fingerprint density at radius 1 is 1.17 bits per heavy atom. The van der Waals surface area contributed by atoms with Crippen molar-refractivity contribution in [2.45, 2.75) is 0 Å². The quantitative estimate of drug-likeness (QED) is 0.292. The van der Waals surface area contributed by atoms with E-state index in [1.807, 2.05) is 0 Å². The number of hydrogen-bond donors (Lipinski definition) is 0. The minimum atomic E-state index is -5.39. The van der Waals surface area contributed by atoms with E-state index in [0.717, 1.165) is 0 Å². The Balaban J connectivity index is 0. The summed E-state index contributed by atoms with van der Waals surface area (Å²) in [6.07, 6.45) is 0. The van der Waals surface area contributed by atoms with Crippen LogP contribution in [0.4, 0.5) is 0 Å². The van der Waals surface area contributed by atoms with Crippen LogP contribution in [-0.4, -0.2) is 45.5 Å². The van der Waals surface area contributed by atoms with Gasteiger partial charge < -0.3 is 19.2 Å². The van der Waals surface area contributed by atoms with Crippen LogP contribution in [-0.2, 0) is 4.57 Å². The predicted molar refractivity (Wildman–Crippen MR) is 13.4 cm³/mol. The summed E-state index contributed by atoms with van der Waals surface area (Å²) >= 11 is 0. The first-order valence-corrected chi connectivity index (χ1v) is 2.19. The maximum Gasteiger partial charge on any atom is 2.00 e. The van der Waals surface area contributed by atoms with Gasteiger partial charge in [-0.25, -0.2) is 0 Å². The van der Waals surface area contributed by atoms with Gasteiger partial charge in [0.2, 0.25) is 0 Å².